The van der Waals surface area contributed by atoms with E-state index in [0.717, 1.165) is 0 Å². The molecule has 1 aromatic rings. The van der Waals surface area contributed by atoms with Crippen LogP contribution < -0.4 is 4.72 Å². The molecule has 0 bridgehead atoms. The molecule has 1 atom stereocenters. The lowest BCUT2D eigenvalue weighted by Crippen LogP contribution is -2.29. The third-order valence-electron chi connectivity index (χ3n) is 2.26. The molecule has 18 heavy (non-hydrogen) atoms. The predicted octanol–water partition coefficient (Wildman–Crippen LogP) is 2.88. The van der Waals surface area contributed by atoms with E-state index < -0.39 is 15.8 Å². The molecule has 3 nitrogen and oxygen atoms in total. The molecule has 0 heterocycles. The zero-order valence-electron chi connectivity index (χ0n) is 9.79. The summed E-state index contributed by atoms with van der Waals surface area (Å²) in [4.78, 5) is 0. The molecule has 102 valence electrons. The highest BCUT2D eigenvalue weighted by atomic mass is 79.9. The average molecular weight is 359 g/mol. The Balaban J connectivity index is 2.67. The summed E-state index contributed by atoms with van der Waals surface area (Å²) in [6.07, 6.45) is 0. The lowest BCUT2D eigenvalue weighted by atomic mass is 10.2. The van der Waals surface area contributed by atoms with Crippen molar-refractivity contribution in [1.82, 2.24) is 4.72 Å². The molecule has 1 aromatic carbocycles. The number of benzene rings is 1. The van der Waals surface area contributed by atoms with Crippen molar-refractivity contribution in [3.05, 3.63) is 34.1 Å². The van der Waals surface area contributed by atoms with Gasteiger partial charge in [0, 0.05) is 22.5 Å². The molecule has 1 unspecified atom stereocenters. The van der Waals surface area contributed by atoms with Crippen LogP contribution in [0.25, 0.3) is 0 Å². The lowest BCUT2D eigenvalue weighted by molar-refractivity contribution is 0.563. The summed E-state index contributed by atoms with van der Waals surface area (Å²) >= 11 is 8.77. The van der Waals surface area contributed by atoms with Crippen LogP contribution in [0.2, 0.25) is 0 Å². The largest absolute Gasteiger partial charge is 0.212 e. The first-order chi connectivity index (χ1) is 8.34. The molecule has 1 N–H and O–H groups in total. The Morgan fingerprint density at radius 3 is 2.78 bits per heavy atom. The maximum absolute atomic E-state index is 13.4. The van der Waals surface area contributed by atoms with Crippen LogP contribution in [0.1, 0.15) is 12.5 Å². The van der Waals surface area contributed by atoms with E-state index in [4.69, 9.17) is 11.6 Å². The van der Waals surface area contributed by atoms with Crippen LogP contribution in [0.15, 0.2) is 22.7 Å². The van der Waals surface area contributed by atoms with Gasteiger partial charge in [0.2, 0.25) is 10.0 Å². The number of nitrogens with one attached hydrogen (secondary N) is 1. The first kappa shape index (κ1) is 15.9. The Morgan fingerprint density at radius 1 is 1.50 bits per heavy atom. The Kier molecular flexibility index (Phi) is 6.04. The molecule has 7 heteroatoms. The second-order valence-corrected chi connectivity index (χ2v) is 7.17. The smallest absolute Gasteiger partial charge is 0.212 e. The van der Waals surface area contributed by atoms with Gasteiger partial charge in [0.25, 0.3) is 0 Å². The molecule has 0 spiro atoms. The van der Waals surface area contributed by atoms with Gasteiger partial charge in [-0.2, -0.15) is 0 Å². The van der Waals surface area contributed by atoms with Gasteiger partial charge in [-0.15, -0.1) is 11.6 Å². The van der Waals surface area contributed by atoms with E-state index in [1.807, 2.05) is 0 Å². The maximum Gasteiger partial charge on any atom is 0.212 e. The minimum atomic E-state index is -3.44. The van der Waals surface area contributed by atoms with E-state index in [9.17, 15) is 12.8 Å². The van der Waals surface area contributed by atoms with Gasteiger partial charge in [0.05, 0.1) is 5.75 Å². The van der Waals surface area contributed by atoms with Crippen LogP contribution in [0.4, 0.5) is 4.39 Å². The number of sulfonamides is 1. The van der Waals surface area contributed by atoms with Gasteiger partial charge in [-0.3, -0.25) is 0 Å². The van der Waals surface area contributed by atoms with Crippen LogP contribution in [0.5, 0.6) is 0 Å². The van der Waals surface area contributed by atoms with Crippen molar-refractivity contribution >= 4 is 37.6 Å². The summed E-state index contributed by atoms with van der Waals surface area (Å²) in [7, 11) is -3.44. The van der Waals surface area contributed by atoms with Gasteiger partial charge in [-0.1, -0.05) is 22.9 Å². The van der Waals surface area contributed by atoms with Gasteiger partial charge in [0.15, 0.2) is 0 Å². The lowest BCUT2D eigenvalue weighted by Gasteiger charge is -2.10. The minimum absolute atomic E-state index is 0.0634. The molecule has 1 rings (SSSR count). The van der Waals surface area contributed by atoms with E-state index in [1.54, 1.807) is 19.1 Å². The predicted molar refractivity (Wildman–Crippen MR) is 74.6 cm³/mol. The Bertz CT molecular complexity index is 510. The zero-order chi connectivity index (χ0) is 13.8. The fourth-order valence-corrected chi connectivity index (χ4v) is 3.35. The van der Waals surface area contributed by atoms with Crippen LogP contribution in [0, 0.1) is 11.7 Å². The van der Waals surface area contributed by atoms with Crippen molar-refractivity contribution in [2.45, 2.75) is 13.5 Å². The van der Waals surface area contributed by atoms with Crippen molar-refractivity contribution in [3.8, 4) is 0 Å². The Morgan fingerprint density at radius 2 is 2.17 bits per heavy atom. The second-order valence-electron chi connectivity index (χ2n) is 4.10. The van der Waals surface area contributed by atoms with E-state index >= 15 is 0 Å². The first-order valence-electron chi connectivity index (χ1n) is 5.31. The van der Waals surface area contributed by atoms with Gasteiger partial charge in [0.1, 0.15) is 5.82 Å². The standard InChI is InChI=1S/C11H14BrClFNO2S/c1-8(5-13)7-18(16,17)15-6-9-4-10(12)2-3-11(9)14/h2-4,8,15H,5-7H2,1H3. The number of hydrogen-bond acceptors (Lipinski definition) is 2. The normalized spacial score (nSPS) is 13.6. The van der Waals surface area contributed by atoms with Crippen molar-refractivity contribution in [1.29, 1.82) is 0 Å². The van der Waals surface area contributed by atoms with E-state index in [-0.39, 0.29) is 24.1 Å². The molecule has 0 amide bonds. The number of rotatable bonds is 6. The third-order valence-corrected chi connectivity index (χ3v) is 4.87. The van der Waals surface area contributed by atoms with Gasteiger partial charge in [-0.05, 0) is 24.1 Å². The molecular formula is C11H14BrClFNO2S. The highest BCUT2D eigenvalue weighted by Crippen LogP contribution is 2.15. The van der Waals surface area contributed by atoms with Crippen LogP contribution in [0.3, 0.4) is 0 Å². The zero-order valence-corrected chi connectivity index (χ0v) is 12.9. The van der Waals surface area contributed by atoms with Crippen LogP contribution in [-0.2, 0) is 16.6 Å². The summed E-state index contributed by atoms with van der Waals surface area (Å²) in [6.45, 7) is 1.68. The molecule has 0 aliphatic carbocycles. The van der Waals surface area contributed by atoms with Crippen molar-refractivity contribution in [2.75, 3.05) is 11.6 Å². The Labute approximate surface area is 120 Å². The first-order valence-corrected chi connectivity index (χ1v) is 8.29. The van der Waals surface area contributed by atoms with Gasteiger partial charge in [-0.25, -0.2) is 17.5 Å². The maximum atomic E-state index is 13.4. The van der Waals surface area contributed by atoms with Crippen LogP contribution >= 0.6 is 27.5 Å². The van der Waals surface area contributed by atoms with Crippen LogP contribution in [-0.4, -0.2) is 20.1 Å². The minimum Gasteiger partial charge on any atom is -0.212 e. The summed E-state index contributed by atoms with van der Waals surface area (Å²) < 4.78 is 39.8. The summed E-state index contributed by atoms with van der Waals surface area (Å²) in [5.41, 5.74) is 0.298. The fraction of sp³-hybridized carbons (Fsp3) is 0.455. The molecule has 0 aliphatic heterocycles. The van der Waals surface area contributed by atoms with Crippen molar-refractivity contribution < 1.29 is 12.8 Å². The summed E-state index contributed by atoms with van der Waals surface area (Å²) in [6, 6.07) is 4.39. The van der Waals surface area contributed by atoms with E-state index in [2.05, 4.69) is 20.7 Å². The highest BCUT2D eigenvalue weighted by Gasteiger charge is 2.15. The topological polar surface area (TPSA) is 46.2 Å². The molecule has 0 aliphatic rings. The molecule has 0 fully saturated rings. The molecule has 0 saturated heterocycles. The fourth-order valence-electron chi connectivity index (χ4n) is 1.34. The van der Waals surface area contributed by atoms with Crippen molar-refractivity contribution in [3.63, 3.8) is 0 Å². The molecule has 0 radical (unpaired) electrons. The van der Waals surface area contributed by atoms with Gasteiger partial charge >= 0.3 is 0 Å². The summed E-state index contributed by atoms with van der Waals surface area (Å²) in [5.74, 6) is -0.374. The number of hydrogen-bond donors (Lipinski definition) is 1. The monoisotopic (exact) mass is 357 g/mol. The molecule has 0 saturated carbocycles. The summed E-state index contributed by atoms with van der Waals surface area (Å²) in [5, 5.41) is 0. The SMILES string of the molecule is CC(CCl)CS(=O)(=O)NCc1cc(Br)ccc1F. The third kappa shape index (κ3) is 5.22. The Hall–Kier alpha value is -0.170. The highest BCUT2D eigenvalue weighted by molar-refractivity contribution is 9.10. The average Bonchev–Trinajstić information content (AvgIpc) is 2.30. The van der Waals surface area contributed by atoms with E-state index in [1.165, 1.54) is 6.07 Å². The quantitative estimate of drug-likeness (QED) is 0.795. The second kappa shape index (κ2) is 6.84. The molecular weight excluding hydrogens is 345 g/mol. The van der Waals surface area contributed by atoms with Gasteiger partial charge < -0.3 is 0 Å². The number of halogens is 3. The van der Waals surface area contributed by atoms with Crippen molar-refractivity contribution in [2.24, 2.45) is 5.92 Å². The molecule has 0 aromatic heterocycles. The number of alkyl halides is 1. The van der Waals surface area contributed by atoms with E-state index in [0.29, 0.717) is 10.0 Å².